The van der Waals surface area contributed by atoms with Gasteiger partial charge in [-0.05, 0) is 35.7 Å². The van der Waals surface area contributed by atoms with E-state index in [0.717, 1.165) is 21.3 Å². The second-order valence-corrected chi connectivity index (χ2v) is 8.33. The standard InChI is InChI=1S/C21H21FN2O4S/c1-29(26,27)24(20-8-4-6-16-5-2-3-7-19(16)20)15-21(25)23-13-14-28-18-11-9-17(22)10-12-18/h2-12H,13-15H2,1H3,(H,23,25). The van der Waals surface area contributed by atoms with Crippen LogP contribution in [0.25, 0.3) is 10.8 Å². The second kappa shape index (κ2) is 8.91. The highest BCUT2D eigenvalue weighted by atomic mass is 32.2. The summed E-state index contributed by atoms with van der Waals surface area (Å²) in [6, 6.07) is 18.2. The quantitative estimate of drug-likeness (QED) is 0.573. The van der Waals surface area contributed by atoms with Crippen LogP contribution in [-0.2, 0) is 14.8 Å². The van der Waals surface area contributed by atoms with Gasteiger partial charge in [0.15, 0.2) is 0 Å². The van der Waals surface area contributed by atoms with E-state index in [1.807, 2.05) is 30.3 Å². The lowest BCUT2D eigenvalue weighted by Gasteiger charge is -2.23. The number of anilines is 1. The number of fused-ring (bicyclic) bond motifs is 1. The topological polar surface area (TPSA) is 75.7 Å². The molecule has 1 N–H and O–H groups in total. The third-order valence-electron chi connectivity index (χ3n) is 4.23. The molecule has 3 aromatic rings. The van der Waals surface area contributed by atoms with Crippen molar-refractivity contribution in [1.82, 2.24) is 5.32 Å². The Morgan fingerprint density at radius 1 is 1.03 bits per heavy atom. The fourth-order valence-electron chi connectivity index (χ4n) is 2.88. The maximum Gasteiger partial charge on any atom is 0.240 e. The molecule has 3 aromatic carbocycles. The van der Waals surface area contributed by atoms with Gasteiger partial charge in [0, 0.05) is 5.39 Å². The molecular weight excluding hydrogens is 395 g/mol. The fraction of sp³-hybridized carbons (Fsp3) is 0.190. The lowest BCUT2D eigenvalue weighted by Crippen LogP contribution is -2.41. The number of nitrogens with one attached hydrogen (secondary N) is 1. The molecule has 0 heterocycles. The molecule has 29 heavy (non-hydrogen) atoms. The van der Waals surface area contributed by atoms with E-state index in [-0.39, 0.29) is 25.5 Å². The van der Waals surface area contributed by atoms with Crippen molar-refractivity contribution in [2.75, 3.05) is 30.3 Å². The Labute approximate surface area is 169 Å². The minimum atomic E-state index is -3.68. The van der Waals surface area contributed by atoms with E-state index in [1.165, 1.54) is 24.3 Å². The molecular formula is C21H21FN2O4S. The molecule has 0 saturated carbocycles. The fourth-order valence-corrected chi connectivity index (χ4v) is 3.75. The van der Waals surface area contributed by atoms with E-state index in [9.17, 15) is 17.6 Å². The van der Waals surface area contributed by atoms with Gasteiger partial charge in [0.2, 0.25) is 15.9 Å². The number of halogens is 1. The predicted molar refractivity (Wildman–Crippen MR) is 111 cm³/mol. The zero-order valence-electron chi connectivity index (χ0n) is 15.8. The molecule has 0 saturated heterocycles. The Morgan fingerprint density at radius 3 is 2.45 bits per heavy atom. The molecule has 0 radical (unpaired) electrons. The van der Waals surface area contributed by atoms with E-state index in [2.05, 4.69) is 5.32 Å². The number of ether oxygens (including phenoxy) is 1. The van der Waals surface area contributed by atoms with Crippen LogP contribution in [0.2, 0.25) is 0 Å². The van der Waals surface area contributed by atoms with Crippen LogP contribution in [-0.4, -0.2) is 40.3 Å². The van der Waals surface area contributed by atoms with Crippen molar-refractivity contribution in [3.8, 4) is 5.75 Å². The molecule has 6 nitrogen and oxygen atoms in total. The molecule has 8 heteroatoms. The number of hydrogen-bond acceptors (Lipinski definition) is 4. The van der Waals surface area contributed by atoms with E-state index in [4.69, 9.17) is 4.74 Å². The van der Waals surface area contributed by atoms with Crippen molar-refractivity contribution in [2.45, 2.75) is 0 Å². The summed E-state index contributed by atoms with van der Waals surface area (Å²) in [5.74, 6) is -0.333. The number of carbonyl (C=O) groups excluding carboxylic acids is 1. The number of rotatable bonds is 8. The van der Waals surface area contributed by atoms with E-state index in [1.54, 1.807) is 12.1 Å². The van der Waals surface area contributed by atoms with Crippen LogP contribution in [0.1, 0.15) is 0 Å². The van der Waals surface area contributed by atoms with Crippen LogP contribution >= 0.6 is 0 Å². The number of sulfonamides is 1. The predicted octanol–water partition coefficient (Wildman–Crippen LogP) is 2.94. The summed E-state index contributed by atoms with van der Waals surface area (Å²) in [4.78, 5) is 12.3. The normalized spacial score (nSPS) is 11.2. The van der Waals surface area contributed by atoms with Gasteiger partial charge in [-0.2, -0.15) is 0 Å². The first-order valence-corrected chi connectivity index (χ1v) is 10.8. The third-order valence-corrected chi connectivity index (χ3v) is 5.36. The minimum absolute atomic E-state index is 0.171. The Bertz CT molecular complexity index is 1100. The summed E-state index contributed by atoms with van der Waals surface area (Å²) in [5.41, 5.74) is 0.448. The lowest BCUT2D eigenvalue weighted by molar-refractivity contribution is -0.119. The van der Waals surface area contributed by atoms with Gasteiger partial charge in [-0.15, -0.1) is 0 Å². The van der Waals surface area contributed by atoms with Crippen LogP contribution in [0.3, 0.4) is 0 Å². The average Bonchev–Trinajstić information content (AvgIpc) is 2.69. The molecule has 0 bridgehead atoms. The van der Waals surface area contributed by atoms with Gasteiger partial charge >= 0.3 is 0 Å². The number of nitrogens with zero attached hydrogens (tertiary/aromatic N) is 1. The monoisotopic (exact) mass is 416 g/mol. The van der Waals surface area contributed by atoms with Gasteiger partial charge in [-0.1, -0.05) is 36.4 Å². The Kier molecular flexibility index (Phi) is 6.33. The third kappa shape index (κ3) is 5.45. The summed E-state index contributed by atoms with van der Waals surface area (Å²) < 4.78 is 44.1. The Balaban J connectivity index is 1.64. The van der Waals surface area contributed by atoms with Crippen molar-refractivity contribution in [1.29, 1.82) is 0 Å². The number of amides is 1. The highest BCUT2D eigenvalue weighted by Crippen LogP contribution is 2.28. The zero-order chi connectivity index (χ0) is 20.9. The molecule has 0 unspecified atom stereocenters. The SMILES string of the molecule is CS(=O)(=O)N(CC(=O)NCCOc1ccc(F)cc1)c1cccc2ccccc12. The molecule has 0 aromatic heterocycles. The summed E-state index contributed by atoms with van der Waals surface area (Å²) in [6.45, 7) is 0.0112. The molecule has 0 aliphatic heterocycles. The van der Waals surface area contributed by atoms with Crippen molar-refractivity contribution in [3.63, 3.8) is 0 Å². The van der Waals surface area contributed by atoms with Gasteiger partial charge in [-0.25, -0.2) is 12.8 Å². The second-order valence-electron chi connectivity index (χ2n) is 6.42. The minimum Gasteiger partial charge on any atom is -0.492 e. The van der Waals surface area contributed by atoms with E-state index >= 15 is 0 Å². The van der Waals surface area contributed by atoms with Gasteiger partial charge in [0.25, 0.3) is 0 Å². The van der Waals surface area contributed by atoms with Crippen LogP contribution < -0.4 is 14.4 Å². The van der Waals surface area contributed by atoms with Crippen LogP contribution in [0, 0.1) is 5.82 Å². The van der Waals surface area contributed by atoms with Crippen molar-refractivity contribution in [2.24, 2.45) is 0 Å². The van der Waals surface area contributed by atoms with Gasteiger partial charge in [-0.3, -0.25) is 9.10 Å². The number of hydrogen-bond donors (Lipinski definition) is 1. The largest absolute Gasteiger partial charge is 0.492 e. The van der Waals surface area contributed by atoms with Gasteiger partial charge in [0.1, 0.15) is 24.7 Å². The molecule has 1 amide bonds. The van der Waals surface area contributed by atoms with Crippen molar-refractivity contribution < 1.29 is 22.3 Å². The smallest absolute Gasteiger partial charge is 0.240 e. The van der Waals surface area contributed by atoms with Gasteiger partial charge in [0.05, 0.1) is 18.5 Å². The van der Waals surface area contributed by atoms with Crippen LogP contribution in [0.5, 0.6) is 5.75 Å². The molecule has 0 fully saturated rings. The molecule has 3 rings (SSSR count). The first-order chi connectivity index (χ1) is 13.8. The molecule has 0 atom stereocenters. The summed E-state index contributed by atoms with van der Waals surface area (Å²) >= 11 is 0. The average molecular weight is 416 g/mol. The molecule has 0 aliphatic carbocycles. The Morgan fingerprint density at radius 2 is 1.72 bits per heavy atom. The molecule has 0 aliphatic rings. The van der Waals surface area contributed by atoms with E-state index in [0.29, 0.717) is 11.4 Å². The van der Waals surface area contributed by atoms with E-state index < -0.39 is 15.9 Å². The van der Waals surface area contributed by atoms with Crippen molar-refractivity contribution in [3.05, 3.63) is 72.5 Å². The summed E-state index contributed by atoms with van der Waals surface area (Å²) in [6.07, 6.45) is 1.07. The molecule has 0 spiro atoms. The molecule has 152 valence electrons. The first kappa shape index (κ1) is 20.6. The van der Waals surface area contributed by atoms with Crippen LogP contribution in [0.15, 0.2) is 66.7 Å². The summed E-state index contributed by atoms with van der Waals surface area (Å²) in [5, 5.41) is 4.27. The number of benzene rings is 3. The maximum atomic E-state index is 12.9. The van der Waals surface area contributed by atoms with Crippen molar-refractivity contribution >= 4 is 32.4 Å². The zero-order valence-corrected chi connectivity index (χ0v) is 16.7. The Hall–Kier alpha value is -3.13. The number of carbonyl (C=O) groups is 1. The van der Waals surface area contributed by atoms with Gasteiger partial charge < -0.3 is 10.1 Å². The van der Waals surface area contributed by atoms with Crippen LogP contribution in [0.4, 0.5) is 10.1 Å². The maximum absolute atomic E-state index is 12.9. The first-order valence-electron chi connectivity index (χ1n) is 8.95. The lowest BCUT2D eigenvalue weighted by atomic mass is 10.1. The summed E-state index contributed by atoms with van der Waals surface area (Å²) in [7, 11) is -3.68. The highest BCUT2D eigenvalue weighted by Gasteiger charge is 2.22. The highest BCUT2D eigenvalue weighted by molar-refractivity contribution is 7.92.